The number of aryl methyl sites for hydroxylation is 1. The Kier molecular flexibility index (Phi) is 11.7. The monoisotopic (exact) mass is 465 g/mol. The number of thioether (sulfide) groups is 1. The lowest BCUT2D eigenvalue weighted by molar-refractivity contribution is -0.191. The van der Waals surface area contributed by atoms with Crippen LogP contribution in [-0.2, 0) is 15.8 Å². The van der Waals surface area contributed by atoms with E-state index in [9.17, 15) is 13.2 Å². The highest BCUT2D eigenvalue weighted by Gasteiger charge is 2.30. The van der Waals surface area contributed by atoms with Crippen LogP contribution in [0.3, 0.4) is 0 Å². The molecule has 0 aliphatic heterocycles. The maximum atomic E-state index is 12.7. The van der Waals surface area contributed by atoms with Gasteiger partial charge < -0.3 is 9.47 Å². The highest BCUT2D eigenvalue weighted by atomic mass is 32.2. The van der Waals surface area contributed by atoms with Crippen molar-refractivity contribution in [2.75, 3.05) is 19.5 Å². The van der Waals surface area contributed by atoms with Gasteiger partial charge >= 0.3 is 12.3 Å². The minimum atomic E-state index is -4.36. The molecule has 0 amide bonds. The fourth-order valence-corrected chi connectivity index (χ4v) is 3.69. The summed E-state index contributed by atoms with van der Waals surface area (Å²) in [6.45, 7) is 2.31. The van der Waals surface area contributed by atoms with Crippen molar-refractivity contribution < 1.29 is 32.2 Å². The van der Waals surface area contributed by atoms with Crippen LogP contribution in [-0.4, -0.2) is 25.6 Å². The number of hydrogen-bond donors (Lipinski definition) is 0. The van der Waals surface area contributed by atoms with Gasteiger partial charge in [-0.05, 0) is 61.4 Å². The third-order valence-corrected chi connectivity index (χ3v) is 5.41. The third kappa shape index (κ3) is 9.73. The number of carbonyl (C=O) groups excluding carboxylic acids is 2. The molecule has 2 aromatic carbocycles. The number of methoxy groups -OCH3 is 1. The highest BCUT2D eigenvalue weighted by molar-refractivity contribution is 7.99. The molecule has 1 atom stereocenters. The van der Waals surface area contributed by atoms with E-state index in [1.807, 2.05) is 31.2 Å². The Morgan fingerprint density at radius 2 is 1.81 bits per heavy atom. The maximum Gasteiger partial charge on any atom is 0.416 e. The van der Waals surface area contributed by atoms with Crippen LogP contribution in [0.5, 0.6) is 11.5 Å². The van der Waals surface area contributed by atoms with Gasteiger partial charge in [-0.3, -0.25) is 0 Å². The Labute approximate surface area is 188 Å². The van der Waals surface area contributed by atoms with Gasteiger partial charge in [0.25, 0.3) is 0 Å². The fourth-order valence-electron chi connectivity index (χ4n) is 2.61. The molecule has 0 aliphatic rings. The first-order chi connectivity index (χ1) is 15.2. The second kappa shape index (κ2) is 14.0. The summed E-state index contributed by atoms with van der Waals surface area (Å²) in [4.78, 5) is 17.3. The van der Waals surface area contributed by atoms with Crippen molar-refractivity contribution >= 4 is 17.9 Å². The number of nitrogens with zero attached hydrogens (tertiary/aromatic N) is 1. The number of rotatable bonds is 9. The highest BCUT2D eigenvalue weighted by Crippen LogP contribution is 2.31. The van der Waals surface area contributed by atoms with Crippen LogP contribution in [0, 0.1) is 24.2 Å². The average molecular weight is 465 g/mol. The Balaban J connectivity index is 0.00000161. The zero-order valence-electron chi connectivity index (χ0n) is 17.5. The minimum Gasteiger partial charge on any atom is -0.496 e. The number of hydrogen-bond acceptors (Lipinski definition) is 6. The number of alkyl halides is 3. The molecule has 0 fully saturated rings. The Bertz CT molecular complexity index is 947. The lowest BCUT2D eigenvalue weighted by Crippen LogP contribution is -2.14. The molecule has 0 saturated carbocycles. The van der Waals surface area contributed by atoms with Crippen molar-refractivity contribution in [3.8, 4) is 17.6 Å². The van der Waals surface area contributed by atoms with E-state index in [0.717, 1.165) is 34.1 Å². The Hall–Kier alpha value is -3.21. The first-order valence-electron chi connectivity index (χ1n) is 9.36. The lowest BCUT2D eigenvalue weighted by Gasteiger charge is -2.17. The molecular formula is C23H22F3NO4S. The smallest absolute Gasteiger partial charge is 0.416 e. The summed E-state index contributed by atoms with van der Waals surface area (Å²) in [5.41, 5.74) is 0.336. The van der Waals surface area contributed by atoms with Crippen molar-refractivity contribution in [1.29, 1.82) is 5.26 Å². The molecule has 2 aromatic rings. The number of ether oxygens (including phenoxy) is 2. The second-order valence-electron chi connectivity index (χ2n) is 6.49. The van der Waals surface area contributed by atoms with Crippen molar-refractivity contribution in [1.82, 2.24) is 0 Å². The molecule has 0 N–H and O–H groups in total. The maximum absolute atomic E-state index is 12.7. The number of allylic oxidation sites excluding steroid dienone is 2. The van der Waals surface area contributed by atoms with Crippen molar-refractivity contribution in [3.05, 3.63) is 65.7 Å². The summed E-state index contributed by atoms with van der Waals surface area (Å²) in [5.74, 6) is 2.04. The van der Waals surface area contributed by atoms with Crippen LogP contribution in [0.15, 0.2) is 59.5 Å². The van der Waals surface area contributed by atoms with Gasteiger partial charge in [0.05, 0.1) is 25.3 Å². The molecule has 0 bridgehead atoms. The van der Waals surface area contributed by atoms with Crippen LogP contribution in [0.25, 0.3) is 0 Å². The quantitative estimate of drug-likeness (QED) is 0.349. The van der Waals surface area contributed by atoms with E-state index in [1.54, 1.807) is 24.9 Å². The van der Waals surface area contributed by atoms with Crippen molar-refractivity contribution in [2.24, 2.45) is 5.92 Å². The van der Waals surface area contributed by atoms with Crippen LogP contribution < -0.4 is 9.47 Å². The first kappa shape index (κ1) is 26.8. The largest absolute Gasteiger partial charge is 0.496 e. The molecule has 32 heavy (non-hydrogen) atoms. The molecule has 0 saturated heterocycles. The summed E-state index contributed by atoms with van der Waals surface area (Å²) in [6.07, 6.45) is -0.277. The number of benzene rings is 2. The van der Waals surface area contributed by atoms with Crippen LogP contribution in [0.2, 0.25) is 0 Å². The van der Waals surface area contributed by atoms with Gasteiger partial charge in [0.1, 0.15) is 11.5 Å². The lowest BCUT2D eigenvalue weighted by atomic mass is 10.1. The van der Waals surface area contributed by atoms with Gasteiger partial charge in [0.15, 0.2) is 0 Å². The van der Waals surface area contributed by atoms with Crippen LogP contribution in [0.1, 0.15) is 17.5 Å². The Morgan fingerprint density at radius 3 is 2.34 bits per heavy atom. The van der Waals surface area contributed by atoms with Gasteiger partial charge in [-0.2, -0.15) is 28.0 Å². The molecule has 1 unspecified atom stereocenters. The predicted molar refractivity (Wildman–Crippen MR) is 113 cm³/mol. The van der Waals surface area contributed by atoms with Gasteiger partial charge in [-0.15, -0.1) is 11.8 Å². The summed E-state index contributed by atoms with van der Waals surface area (Å²) in [6, 6.07) is 12.6. The first-order valence-corrected chi connectivity index (χ1v) is 10.3. The normalized spacial score (nSPS) is 11.6. The molecule has 5 nitrogen and oxygen atoms in total. The summed E-state index contributed by atoms with van der Waals surface area (Å²) >= 11 is 1.66. The molecule has 0 aliphatic carbocycles. The topological polar surface area (TPSA) is 76.4 Å². The molecule has 0 heterocycles. The second-order valence-corrected chi connectivity index (χ2v) is 7.59. The SMILES string of the molecule is COc1ccc(SCC(C/C=C/C#N)COc2ccc(C(F)(F)F)cc2)cc1C.O=C=O. The van der Waals surface area contributed by atoms with E-state index >= 15 is 0 Å². The molecule has 0 spiro atoms. The third-order valence-electron chi connectivity index (χ3n) is 4.18. The van der Waals surface area contributed by atoms with E-state index in [2.05, 4.69) is 0 Å². The fraction of sp³-hybridized carbons (Fsp3) is 0.304. The zero-order chi connectivity index (χ0) is 24.0. The van der Waals surface area contributed by atoms with E-state index in [1.165, 1.54) is 18.2 Å². The van der Waals surface area contributed by atoms with Gasteiger partial charge in [0, 0.05) is 22.6 Å². The van der Waals surface area contributed by atoms with Crippen LogP contribution >= 0.6 is 11.8 Å². The summed E-state index contributed by atoms with van der Waals surface area (Å²) in [5, 5.41) is 8.69. The molecule has 2 rings (SSSR count). The molecule has 0 aromatic heterocycles. The minimum absolute atomic E-state index is 0.0919. The number of nitriles is 1. The van der Waals surface area contributed by atoms with Crippen molar-refractivity contribution in [3.63, 3.8) is 0 Å². The van der Waals surface area contributed by atoms with Gasteiger partial charge in [0.2, 0.25) is 0 Å². The number of halogens is 3. The standard InChI is InChI=1S/C22H22F3NO2S.CO2/c1-16-13-20(10-11-21(16)27-2)29-15-17(5-3-4-12-26)14-28-19-8-6-18(7-9-19)22(23,24)25;2-1-3/h3-4,6-11,13,17H,5,14-15H2,1-2H3;/b4-3+;. The summed E-state index contributed by atoms with van der Waals surface area (Å²) < 4.78 is 48.9. The summed E-state index contributed by atoms with van der Waals surface area (Å²) in [7, 11) is 1.63. The molecule has 9 heteroatoms. The predicted octanol–water partition coefficient (Wildman–Crippen LogP) is 5.70. The van der Waals surface area contributed by atoms with E-state index in [-0.39, 0.29) is 12.1 Å². The van der Waals surface area contributed by atoms with Gasteiger partial charge in [-0.1, -0.05) is 6.08 Å². The van der Waals surface area contributed by atoms with Crippen molar-refractivity contribution in [2.45, 2.75) is 24.4 Å². The van der Waals surface area contributed by atoms with Crippen LogP contribution in [0.4, 0.5) is 13.2 Å². The molecule has 170 valence electrons. The molecule has 0 radical (unpaired) electrons. The van der Waals surface area contributed by atoms with E-state index in [0.29, 0.717) is 18.8 Å². The van der Waals surface area contributed by atoms with E-state index < -0.39 is 11.7 Å². The zero-order valence-corrected chi connectivity index (χ0v) is 18.3. The molecular weight excluding hydrogens is 443 g/mol. The van der Waals surface area contributed by atoms with E-state index in [4.69, 9.17) is 24.3 Å². The van der Waals surface area contributed by atoms with Gasteiger partial charge in [-0.25, -0.2) is 0 Å². The average Bonchev–Trinajstić information content (AvgIpc) is 2.75. The Morgan fingerprint density at radius 1 is 1.16 bits per heavy atom.